The van der Waals surface area contributed by atoms with Crippen LogP contribution in [0.3, 0.4) is 0 Å². The van der Waals surface area contributed by atoms with Gasteiger partial charge >= 0.3 is 5.69 Å². The molecule has 2 aromatic heterocycles. The summed E-state index contributed by atoms with van der Waals surface area (Å²) in [6.07, 6.45) is 3.36. The zero-order chi connectivity index (χ0) is 13.2. The summed E-state index contributed by atoms with van der Waals surface area (Å²) in [6.45, 7) is 0. The van der Waals surface area contributed by atoms with Crippen LogP contribution >= 0.6 is 0 Å². The summed E-state index contributed by atoms with van der Waals surface area (Å²) in [5.41, 5.74) is 1.73. The van der Waals surface area contributed by atoms with Crippen LogP contribution in [0, 0.1) is 10.1 Å². The molecule has 6 nitrogen and oxygen atoms in total. The van der Waals surface area contributed by atoms with Gasteiger partial charge < -0.3 is 10.3 Å². The lowest BCUT2D eigenvalue weighted by Gasteiger charge is -2.05. The zero-order valence-corrected chi connectivity index (χ0v) is 9.83. The minimum absolute atomic E-state index is 0.0448. The van der Waals surface area contributed by atoms with Gasteiger partial charge in [0.25, 0.3) is 0 Å². The number of rotatable bonds is 3. The number of fused-ring (bicyclic) bond motifs is 1. The number of nitrogens with zero attached hydrogens (tertiary/aromatic N) is 2. The van der Waals surface area contributed by atoms with Crippen molar-refractivity contribution in [3.63, 3.8) is 0 Å². The van der Waals surface area contributed by atoms with E-state index in [0.29, 0.717) is 0 Å². The highest BCUT2D eigenvalue weighted by Crippen LogP contribution is 2.26. The molecule has 1 aromatic carbocycles. The molecule has 0 radical (unpaired) electrons. The third-order valence-electron chi connectivity index (χ3n) is 2.80. The Labute approximate surface area is 108 Å². The van der Waals surface area contributed by atoms with Crippen LogP contribution in [0.1, 0.15) is 0 Å². The van der Waals surface area contributed by atoms with Gasteiger partial charge in [-0.05, 0) is 30.3 Å². The van der Waals surface area contributed by atoms with Crippen molar-refractivity contribution in [2.45, 2.75) is 0 Å². The van der Waals surface area contributed by atoms with Gasteiger partial charge in [-0.2, -0.15) is 0 Å². The SMILES string of the molecule is O=[N+]([O-])c1cccnc1Nc1ccc2[nH]ccc2c1. The Bertz CT molecular complexity index is 751. The molecule has 0 aliphatic carbocycles. The molecule has 0 aliphatic heterocycles. The Morgan fingerprint density at radius 2 is 2.16 bits per heavy atom. The third kappa shape index (κ3) is 2.11. The molecule has 94 valence electrons. The molecule has 0 bridgehead atoms. The standard InChI is InChI=1S/C13H10N4O2/c18-17(19)12-2-1-6-15-13(12)16-10-3-4-11-9(8-10)5-7-14-11/h1-8,14H,(H,15,16). The quantitative estimate of drug-likeness (QED) is 0.555. The van der Waals surface area contributed by atoms with Gasteiger partial charge in [-0.1, -0.05) is 0 Å². The first-order valence-electron chi connectivity index (χ1n) is 5.67. The molecule has 2 N–H and O–H groups in total. The monoisotopic (exact) mass is 254 g/mol. The fourth-order valence-corrected chi connectivity index (χ4v) is 1.91. The van der Waals surface area contributed by atoms with Crippen molar-refractivity contribution in [2.24, 2.45) is 0 Å². The summed E-state index contributed by atoms with van der Waals surface area (Å²) in [7, 11) is 0. The molecule has 0 aliphatic rings. The summed E-state index contributed by atoms with van der Waals surface area (Å²) in [4.78, 5) is 17.5. The first kappa shape index (κ1) is 11.2. The molecule has 0 saturated carbocycles. The molecule has 19 heavy (non-hydrogen) atoms. The lowest BCUT2D eigenvalue weighted by Crippen LogP contribution is -1.98. The van der Waals surface area contributed by atoms with Crippen LogP contribution in [0.25, 0.3) is 10.9 Å². The molecule has 6 heteroatoms. The number of aromatic amines is 1. The van der Waals surface area contributed by atoms with E-state index in [9.17, 15) is 10.1 Å². The summed E-state index contributed by atoms with van der Waals surface area (Å²) >= 11 is 0. The lowest BCUT2D eigenvalue weighted by atomic mass is 10.2. The van der Waals surface area contributed by atoms with Crippen LogP contribution in [-0.4, -0.2) is 14.9 Å². The van der Waals surface area contributed by atoms with Crippen molar-refractivity contribution < 1.29 is 4.92 Å². The minimum atomic E-state index is -0.454. The molecule has 2 heterocycles. The summed E-state index contributed by atoms with van der Waals surface area (Å²) in [5.74, 6) is 0.238. The molecular weight excluding hydrogens is 244 g/mol. The van der Waals surface area contributed by atoms with Gasteiger partial charge in [-0.3, -0.25) is 10.1 Å². The third-order valence-corrected chi connectivity index (χ3v) is 2.80. The molecule has 0 saturated heterocycles. The Morgan fingerprint density at radius 1 is 1.26 bits per heavy atom. The molecule has 0 spiro atoms. The Balaban J connectivity index is 1.98. The fraction of sp³-hybridized carbons (Fsp3) is 0. The van der Waals surface area contributed by atoms with Crippen LogP contribution in [0.5, 0.6) is 0 Å². The number of nitro groups is 1. The summed E-state index contributed by atoms with van der Waals surface area (Å²) in [5, 5.41) is 14.9. The van der Waals surface area contributed by atoms with Crippen LogP contribution in [0.15, 0.2) is 48.8 Å². The van der Waals surface area contributed by atoms with Crippen molar-refractivity contribution in [1.29, 1.82) is 0 Å². The van der Waals surface area contributed by atoms with Crippen molar-refractivity contribution >= 4 is 28.1 Å². The molecule has 0 atom stereocenters. The van der Waals surface area contributed by atoms with E-state index >= 15 is 0 Å². The van der Waals surface area contributed by atoms with Crippen molar-refractivity contribution in [3.05, 3.63) is 58.9 Å². The summed E-state index contributed by atoms with van der Waals surface area (Å²) in [6, 6.07) is 10.6. The van der Waals surface area contributed by atoms with E-state index in [1.165, 1.54) is 12.3 Å². The van der Waals surface area contributed by atoms with Crippen molar-refractivity contribution in [2.75, 3.05) is 5.32 Å². The van der Waals surface area contributed by atoms with Gasteiger partial charge in [0.05, 0.1) is 4.92 Å². The van der Waals surface area contributed by atoms with E-state index < -0.39 is 4.92 Å². The average Bonchev–Trinajstić information content (AvgIpc) is 2.86. The number of pyridine rings is 1. The molecule has 0 unspecified atom stereocenters. The minimum Gasteiger partial charge on any atom is -0.361 e. The van der Waals surface area contributed by atoms with Gasteiger partial charge in [0.15, 0.2) is 0 Å². The number of aromatic nitrogens is 2. The van der Waals surface area contributed by atoms with Crippen molar-refractivity contribution in [3.8, 4) is 0 Å². The first-order valence-corrected chi connectivity index (χ1v) is 5.67. The molecular formula is C13H10N4O2. The van der Waals surface area contributed by atoms with Gasteiger partial charge in [0.2, 0.25) is 5.82 Å². The van der Waals surface area contributed by atoms with Gasteiger partial charge in [0.1, 0.15) is 0 Å². The number of hydrogen-bond donors (Lipinski definition) is 2. The van der Waals surface area contributed by atoms with Gasteiger partial charge in [-0.25, -0.2) is 4.98 Å². The maximum atomic E-state index is 10.9. The smallest absolute Gasteiger partial charge is 0.311 e. The second-order valence-electron chi connectivity index (χ2n) is 4.03. The molecule has 3 aromatic rings. The van der Waals surface area contributed by atoms with E-state index in [1.807, 2.05) is 30.5 Å². The Hall–Kier alpha value is -2.89. The van der Waals surface area contributed by atoms with E-state index in [-0.39, 0.29) is 11.5 Å². The lowest BCUT2D eigenvalue weighted by molar-refractivity contribution is -0.384. The highest BCUT2D eigenvalue weighted by atomic mass is 16.6. The van der Waals surface area contributed by atoms with Gasteiger partial charge in [-0.15, -0.1) is 0 Å². The Kier molecular flexibility index (Phi) is 2.60. The predicted molar refractivity (Wildman–Crippen MR) is 72.5 cm³/mol. The van der Waals surface area contributed by atoms with Gasteiger partial charge in [0, 0.05) is 35.1 Å². The Morgan fingerprint density at radius 3 is 3.00 bits per heavy atom. The maximum Gasteiger partial charge on any atom is 0.311 e. The summed E-state index contributed by atoms with van der Waals surface area (Å²) < 4.78 is 0. The number of hydrogen-bond acceptors (Lipinski definition) is 4. The largest absolute Gasteiger partial charge is 0.361 e. The molecule has 3 rings (SSSR count). The van der Waals surface area contributed by atoms with E-state index in [0.717, 1.165) is 16.6 Å². The number of benzene rings is 1. The van der Waals surface area contributed by atoms with Crippen LogP contribution in [0.2, 0.25) is 0 Å². The number of anilines is 2. The highest BCUT2D eigenvalue weighted by Gasteiger charge is 2.14. The van der Waals surface area contributed by atoms with Crippen LogP contribution < -0.4 is 5.32 Å². The predicted octanol–water partition coefficient (Wildman–Crippen LogP) is 3.21. The molecule has 0 amide bonds. The normalized spacial score (nSPS) is 10.5. The second-order valence-corrected chi connectivity index (χ2v) is 4.03. The second kappa shape index (κ2) is 4.41. The number of nitrogens with one attached hydrogen (secondary N) is 2. The first-order chi connectivity index (χ1) is 9.24. The van der Waals surface area contributed by atoms with Crippen molar-refractivity contribution in [1.82, 2.24) is 9.97 Å². The average molecular weight is 254 g/mol. The van der Waals surface area contributed by atoms with E-state index in [1.54, 1.807) is 6.07 Å². The van der Waals surface area contributed by atoms with E-state index in [2.05, 4.69) is 15.3 Å². The van der Waals surface area contributed by atoms with E-state index in [4.69, 9.17) is 0 Å². The number of H-pyrrole nitrogens is 1. The van der Waals surface area contributed by atoms with Crippen LogP contribution in [-0.2, 0) is 0 Å². The highest BCUT2D eigenvalue weighted by molar-refractivity contribution is 5.84. The maximum absolute atomic E-state index is 10.9. The zero-order valence-electron chi connectivity index (χ0n) is 9.83. The molecule has 0 fully saturated rings. The fourth-order valence-electron chi connectivity index (χ4n) is 1.91. The topological polar surface area (TPSA) is 83.8 Å². The van der Waals surface area contributed by atoms with Crippen LogP contribution in [0.4, 0.5) is 17.2 Å².